The summed E-state index contributed by atoms with van der Waals surface area (Å²) in [7, 11) is 0. The van der Waals surface area contributed by atoms with Crippen molar-refractivity contribution in [3.05, 3.63) is 48.5 Å². The summed E-state index contributed by atoms with van der Waals surface area (Å²) in [6.45, 7) is 4.70. The van der Waals surface area contributed by atoms with E-state index in [-0.39, 0.29) is 18.9 Å². The highest BCUT2D eigenvalue weighted by molar-refractivity contribution is 6.00. The number of amides is 2. The van der Waals surface area contributed by atoms with Gasteiger partial charge in [-0.05, 0) is 62.4 Å². The molecule has 0 radical (unpaired) electrons. The number of esters is 1. The number of carbonyl (C=O) groups excluding carboxylic acids is 3. The Bertz CT molecular complexity index is 911. The molecular weight excluding hydrogens is 400 g/mol. The van der Waals surface area contributed by atoms with Crippen molar-refractivity contribution in [2.75, 3.05) is 36.6 Å². The molecule has 0 unspecified atom stereocenters. The number of hydrogen-bond acceptors (Lipinski definition) is 6. The number of nitrogens with zero attached hydrogens (tertiary/aromatic N) is 1. The predicted octanol–water partition coefficient (Wildman–Crippen LogP) is 3.02. The third-order valence-corrected chi connectivity index (χ3v) is 4.71. The van der Waals surface area contributed by atoms with E-state index < -0.39 is 24.4 Å². The third kappa shape index (κ3) is 5.97. The fraction of sp³-hybridized carbons (Fsp3) is 0.348. The molecule has 1 aliphatic heterocycles. The number of ether oxygens (including phenoxy) is 3. The standard InChI is InChI=1S/C23H26N2O6/c1-3-29-19-9-5-17(6-10-19)24-21(26)15-31-23(28)16-13-22(27)25(14-16)18-7-11-20(12-8-18)30-4-2/h5-12,16H,3-4,13-15H2,1-2H3,(H,24,26)/t16-/m0/s1. The van der Waals surface area contributed by atoms with Crippen molar-refractivity contribution in [1.29, 1.82) is 0 Å². The van der Waals surface area contributed by atoms with Crippen molar-refractivity contribution in [2.24, 2.45) is 5.92 Å². The number of hydrogen-bond donors (Lipinski definition) is 1. The number of nitrogens with one attached hydrogen (secondary N) is 1. The maximum Gasteiger partial charge on any atom is 0.311 e. The smallest absolute Gasteiger partial charge is 0.311 e. The van der Waals surface area contributed by atoms with Crippen molar-refractivity contribution in [3.63, 3.8) is 0 Å². The molecule has 1 N–H and O–H groups in total. The maximum atomic E-state index is 12.4. The molecule has 3 rings (SSSR count). The van der Waals surface area contributed by atoms with Gasteiger partial charge in [0.2, 0.25) is 5.91 Å². The van der Waals surface area contributed by atoms with Gasteiger partial charge in [-0.2, -0.15) is 0 Å². The zero-order chi connectivity index (χ0) is 22.2. The van der Waals surface area contributed by atoms with E-state index in [4.69, 9.17) is 14.2 Å². The van der Waals surface area contributed by atoms with E-state index in [9.17, 15) is 14.4 Å². The highest BCUT2D eigenvalue weighted by atomic mass is 16.5. The van der Waals surface area contributed by atoms with Crippen molar-refractivity contribution in [2.45, 2.75) is 20.3 Å². The molecule has 0 spiro atoms. The first-order valence-electron chi connectivity index (χ1n) is 10.2. The summed E-state index contributed by atoms with van der Waals surface area (Å²) in [6.07, 6.45) is 0.0482. The molecule has 2 aromatic rings. The molecule has 2 aromatic carbocycles. The molecule has 0 aromatic heterocycles. The first-order valence-corrected chi connectivity index (χ1v) is 10.2. The number of anilines is 2. The van der Waals surface area contributed by atoms with Crippen molar-refractivity contribution in [1.82, 2.24) is 0 Å². The Hall–Kier alpha value is -3.55. The van der Waals surface area contributed by atoms with Crippen LogP contribution in [0.2, 0.25) is 0 Å². The Balaban J connectivity index is 1.48. The van der Waals surface area contributed by atoms with Gasteiger partial charge in [0, 0.05) is 24.3 Å². The van der Waals surface area contributed by atoms with E-state index in [1.165, 1.54) is 0 Å². The quantitative estimate of drug-likeness (QED) is 0.620. The Morgan fingerprint density at radius 1 is 0.968 bits per heavy atom. The molecule has 0 saturated carbocycles. The molecule has 1 atom stereocenters. The summed E-state index contributed by atoms with van der Waals surface area (Å²) in [5.74, 6) is -0.376. The molecular formula is C23H26N2O6. The molecule has 2 amide bonds. The van der Waals surface area contributed by atoms with E-state index in [1.807, 2.05) is 13.8 Å². The van der Waals surface area contributed by atoms with Crippen LogP contribution in [0.1, 0.15) is 20.3 Å². The molecule has 1 heterocycles. The van der Waals surface area contributed by atoms with Crippen LogP contribution in [-0.2, 0) is 19.1 Å². The number of carbonyl (C=O) groups is 3. The van der Waals surface area contributed by atoms with E-state index >= 15 is 0 Å². The van der Waals surface area contributed by atoms with Crippen LogP contribution in [0.5, 0.6) is 11.5 Å². The minimum absolute atomic E-state index is 0.0482. The second-order valence-corrected chi connectivity index (χ2v) is 6.95. The highest BCUT2D eigenvalue weighted by Crippen LogP contribution is 2.27. The lowest BCUT2D eigenvalue weighted by atomic mass is 10.1. The molecule has 31 heavy (non-hydrogen) atoms. The van der Waals surface area contributed by atoms with Gasteiger partial charge in [0.05, 0.1) is 19.1 Å². The van der Waals surface area contributed by atoms with Gasteiger partial charge in [0.15, 0.2) is 6.61 Å². The van der Waals surface area contributed by atoms with Crippen molar-refractivity contribution < 1.29 is 28.6 Å². The first-order chi connectivity index (χ1) is 15.0. The largest absolute Gasteiger partial charge is 0.494 e. The topological polar surface area (TPSA) is 94.2 Å². The Labute approximate surface area is 181 Å². The van der Waals surface area contributed by atoms with Crippen LogP contribution in [0.25, 0.3) is 0 Å². The lowest BCUT2D eigenvalue weighted by molar-refractivity contribution is -0.151. The van der Waals surface area contributed by atoms with Gasteiger partial charge in [-0.25, -0.2) is 0 Å². The van der Waals surface area contributed by atoms with Crippen LogP contribution in [0, 0.1) is 5.92 Å². The van der Waals surface area contributed by atoms with Crippen LogP contribution in [0.4, 0.5) is 11.4 Å². The number of rotatable bonds is 9. The van der Waals surface area contributed by atoms with Crippen LogP contribution >= 0.6 is 0 Å². The summed E-state index contributed by atoms with van der Waals surface area (Å²) in [5.41, 5.74) is 1.26. The lowest BCUT2D eigenvalue weighted by Gasteiger charge is -2.17. The molecule has 1 saturated heterocycles. The van der Waals surface area contributed by atoms with Crippen LogP contribution < -0.4 is 19.7 Å². The van der Waals surface area contributed by atoms with Gasteiger partial charge < -0.3 is 24.4 Å². The summed E-state index contributed by atoms with van der Waals surface area (Å²) in [5, 5.41) is 2.66. The lowest BCUT2D eigenvalue weighted by Crippen LogP contribution is -2.28. The van der Waals surface area contributed by atoms with Crippen LogP contribution in [0.15, 0.2) is 48.5 Å². The SMILES string of the molecule is CCOc1ccc(NC(=O)COC(=O)[C@H]2CC(=O)N(c3ccc(OCC)cc3)C2)cc1. The normalized spacial score (nSPS) is 15.5. The molecule has 1 fully saturated rings. The zero-order valence-electron chi connectivity index (χ0n) is 17.6. The highest BCUT2D eigenvalue weighted by Gasteiger charge is 2.36. The Kier molecular flexibility index (Phi) is 7.48. The summed E-state index contributed by atoms with van der Waals surface area (Å²) < 4.78 is 15.9. The zero-order valence-corrected chi connectivity index (χ0v) is 17.6. The van der Waals surface area contributed by atoms with Crippen molar-refractivity contribution in [3.8, 4) is 11.5 Å². The molecule has 8 heteroatoms. The summed E-state index contributed by atoms with van der Waals surface area (Å²) >= 11 is 0. The second kappa shape index (κ2) is 10.5. The van der Waals surface area contributed by atoms with E-state index in [0.29, 0.717) is 36.1 Å². The van der Waals surface area contributed by atoms with Crippen LogP contribution in [0.3, 0.4) is 0 Å². The maximum absolute atomic E-state index is 12.4. The van der Waals surface area contributed by atoms with E-state index in [2.05, 4.69) is 5.32 Å². The number of benzene rings is 2. The van der Waals surface area contributed by atoms with Gasteiger partial charge >= 0.3 is 5.97 Å². The fourth-order valence-electron chi connectivity index (χ4n) is 3.26. The third-order valence-electron chi connectivity index (χ3n) is 4.71. The monoisotopic (exact) mass is 426 g/mol. The summed E-state index contributed by atoms with van der Waals surface area (Å²) in [6, 6.07) is 14.0. The molecule has 0 bridgehead atoms. The minimum atomic E-state index is -0.614. The molecule has 1 aliphatic rings. The summed E-state index contributed by atoms with van der Waals surface area (Å²) in [4.78, 5) is 38.3. The van der Waals surface area contributed by atoms with Gasteiger partial charge in [-0.1, -0.05) is 0 Å². The Morgan fingerprint density at radius 2 is 1.55 bits per heavy atom. The second-order valence-electron chi connectivity index (χ2n) is 6.95. The fourth-order valence-corrected chi connectivity index (χ4v) is 3.26. The predicted molar refractivity (Wildman–Crippen MR) is 115 cm³/mol. The van der Waals surface area contributed by atoms with Gasteiger partial charge in [0.1, 0.15) is 11.5 Å². The van der Waals surface area contributed by atoms with E-state index in [0.717, 1.165) is 0 Å². The average Bonchev–Trinajstić information content (AvgIpc) is 3.16. The first kappa shape index (κ1) is 22.1. The van der Waals surface area contributed by atoms with Crippen LogP contribution in [-0.4, -0.2) is 44.1 Å². The molecule has 164 valence electrons. The average molecular weight is 426 g/mol. The molecule has 8 nitrogen and oxygen atoms in total. The minimum Gasteiger partial charge on any atom is -0.494 e. The van der Waals surface area contributed by atoms with Gasteiger partial charge in [0.25, 0.3) is 5.91 Å². The Morgan fingerprint density at radius 3 is 2.13 bits per heavy atom. The molecule has 0 aliphatic carbocycles. The van der Waals surface area contributed by atoms with Gasteiger partial charge in [-0.15, -0.1) is 0 Å². The van der Waals surface area contributed by atoms with E-state index in [1.54, 1.807) is 53.4 Å². The van der Waals surface area contributed by atoms with Crippen molar-refractivity contribution >= 4 is 29.2 Å². The van der Waals surface area contributed by atoms with Gasteiger partial charge in [-0.3, -0.25) is 14.4 Å².